The third kappa shape index (κ3) is 9.64. The van der Waals surface area contributed by atoms with Crippen LogP contribution in [0.1, 0.15) is 26.3 Å². The van der Waals surface area contributed by atoms with Crippen molar-refractivity contribution in [3.63, 3.8) is 0 Å². The van der Waals surface area contributed by atoms with Crippen molar-refractivity contribution in [1.82, 2.24) is 10.6 Å². The van der Waals surface area contributed by atoms with Gasteiger partial charge in [0.1, 0.15) is 18.2 Å². The number of amides is 2. The van der Waals surface area contributed by atoms with Gasteiger partial charge in [0.05, 0.1) is 35.3 Å². The van der Waals surface area contributed by atoms with Crippen molar-refractivity contribution < 1.29 is 29.0 Å². The van der Waals surface area contributed by atoms with Gasteiger partial charge in [0, 0.05) is 5.69 Å². The number of carbonyl (C=O) groups is 3. The molecule has 0 aliphatic rings. The van der Waals surface area contributed by atoms with Gasteiger partial charge in [-0.2, -0.15) is 0 Å². The molecule has 0 fully saturated rings. The molecule has 0 bridgehead atoms. The standard InChI is InChI=1S/C24H29Cl2N3O6/c1-24(2,3)35-23(33)29-19(14-30)22(32)27-11-12-34-20(31)13-15-7-4-5-10-18(15)28-21-16(25)8-6-9-17(21)26/h4-10,19,28,30H,11-14H2,1-3H3,(H,27,32)(H,29,33)/t19-/m0/s1. The Balaban J connectivity index is 1.83. The highest BCUT2D eigenvalue weighted by atomic mass is 35.5. The highest BCUT2D eigenvalue weighted by molar-refractivity contribution is 6.39. The summed E-state index contributed by atoms with van der Waals surface area (Å²) in [7, 11) is 0. The summed E-state index contributed by atoms with van der Waals surface area (Å²) in [6.07, 6.45) is -0.859. The first-order valence-electron chi connectivity index (χ1n) is 10.8. The minimum absolute atomic E-state index is 0.00774. The number of alkyl carbamates (subject to hydrolysis) is 1. The molecule has 0 unspecified atom stereocenters. The van der Waals surface area contributed by atoms with Gasteiger partial charge in [-0.15, -0.1) is 0 Å². The Morgan fingerprint density at radius 1 is 1.03 bits per heavy atom. The molecule has 11 heteroatoms. The van der Waals surface area contributed by atoms with E-state index < -0.39 is 36.2 Å². The maximum Gasteiger partial charge on any atom is 0.408 e. The third-order valence-electron chi connectivity index (χ3n) is 4.43. The van der Waals surface area contributed by atoms with E-state index in [9.17, 15) is 19.5 Å². The summed E-state index contributed by atoms with van der Waals surface area (Å²) < 4.78 is 10.3. The number of rotatable bonds is 10. The number of halogens is 2. The lowest BCUT2D eigenvalue weighted by Gasteiger charge is -2.22. The second-order valence-electron chi connectivity index (χ2n) is 8.45. The summed E-state index contributed by atoms with van der Waals surface area (Å²) in [6, 6.07) is 11.1. The molecule has 0 saturated heterocycles. The van der Waals surface area contributed by atoms with E-state index >= 15 is 0 Å². The number of carbonyl (C=O) groups excluding carboxylic acids is 3. The number of ether oxygens (including phenoxy) is 2. The van der Waals surface area contributed by atoms with Crippen LogP contribution in [0.25, 0.3) is 0 Å². The molecule has 1 atom stereocenters. The maximum absolute atomic E-state index is 12.3. The molecule has 9 nitrogen and oxygen atoms in total. The largest absolute Gasteiger partial charge is 0.464 e. The highest BCUT2D eigenvalue weighted by Crippen LogP contribution is 2.33. The lowest BCUT2D eigenvalue weighted by molar-refractivity contribution is -0.143. The first-order valence-corrected chi connectivity index (χ1v) is 11.6. The number of hydrogen-bond donors (Lipinski definition) is 4. The zero-order valence-corrected chi connectivity index (χ0v) is 21.2. The van der Waals surface area contributed by atoms with Gasteiger partial charge in [-0.1, -0.05) is 47.5 Å². The van der Waals surface area contributed by atoms with Gasteiger partial charge in [-0.25, -0.2) is 4.79 Å². The summed E-state index contributed by atoms with van der Waals surface area (Å²) in [6.45, 7) is 4.30. The zero-order chi connectivity index (χ0) is 26.0. The Morgan fingerprint density at radius 3 is 2.31 bits per heavy atom. The van der Waals surface area contributed by atoms with Crippen molar-refractivity contribution in [3.8, 4) is 0 Å². The van der Waals surface area contributed by atoms with Crippen LogP contribution >= 0.6 is 23.2 Å². The Labute approximate surface area is 214 Å². The SMILES string of the molecule is CC(C)(C)OC(=O)N[C@@H](CO)C(=O)NCCOC(=O)Cc1ccccc1Nc1c(Cl)cccc1Cl. The van der Waals surface area contributed by atoms with Crippen LogP contribution < -0.4 is 16.0 Å². The normalized spacial score (nSPS) is 11.8. The average molecular weight is 526 g/mol. The van der Waals surface area contributed by atoms with E-state index in [2.05, 4.69) is 16.0 Å². The van der Waals surface area contributed by atoms with E-state index in [1.165, 1.54) is 0 Å². The van der Waals surface area contributed by atoms with Gasteiger partial charge in [-0.3, -0.25) is 9.59 Å². The van der Waals surface area contributed by atoms with E-state index in [4.69, 9.17) is 32.7 Å². The van der Waals surface area contributed by atoms with Crippen LogP contribution in [0.5, 0.6) is 0 Å². The second kappa shape index (κ2) is 13.2. The summed E-state index contributed by atoms with van der Waals surface area (Å²) >= 11 is 12.4. The zero-order valence-electron chi connectivity index (χ0n) is 19.7. The highest BCUT2D eigenvalue weighted by Gasteiger charge is 2.23. The van der Waals surface area contributed by atoms with Crippen molar-refractivity contribution in [2.75, 3.05) is 25.1 Å². The number of benzene rings is 2. The van der Waals surface area contributed by atoms with Gasteiger partial charge in [0.2, 0.25) is 5.91 Å². The van der Waals surface area contributed by atoms with Gasteiger partial charge >= 0.3 is 12.1 Å². The minimum atomic E-state index is -1.20. The van der Waals surface area contributed by atoms with Gasteiger partial charge in [0.25, 0.3) is 0 Å². The summed E-state index contributed by atoms with van der Waals surface area (Å²) in [5, 5.41) is 18.2. The molecule has 0 aliphatic heterocycles. The Hall–Kier alpha value is -3.01. The fourth-order valence-electron chi connectivity index (χ4n) is 2.86. The van der Waals surface area contributed by atoms with E-state index in [-0.39, 0.29) is 19.6 Å². The average Bonchev–Trinajstić information content (AvgIpc) is 2.77. The third-order valence-corrected chi connectivity index (χ3v) is 5.06. The van der Waals surface area contributed by atoms with E-state index in [1.54, 1.807) is 63.2 Å². The molecule has 0 heterocycles. The number of esters is 1. The van der Waals surface area contributed by atoms with Crippen molar-refractivity contribution in [3.05, 3.63) is 58.1 Å². The smallest absolute Gasteiger partial charge is 0.408 e. The van der Waals surface area contributed by atoms with Gasteiger partial charge in [-0.05, 0) is 44.5 Å². The fraction of sp³-hybridized carbons (Fsp3) is 0.375. The maximum atomic E-state index is 12.3. The van der Waals surface area contributed by atoms with Crippen molar-refractivity contribution in [2.24, 2.45) is 0 Å². The van der Waals surface area contributed by atoms with Crippen LogP contribution in [-0.4, -0.2) is 54.5 Å². The number of anilines is 2. The van der Waals surface area contributed by atoms with Crippen molar-refractivity contribution in [2.45, 2.75) is 38.8 Å². The van der Waals surface area contributed by atoms with Crippen molar-refractivity contribution >= 4 is 52.5 Å². The van der Waals surface area contributed by atoms with Crippen LogP contribution in [0.15, 0.2) is 42.5 Å². The molecule has 4 N–H and O–H groups in total. The molecule has 2 aromatic carbocycles. The molecule has 0 radical (unpaired) electrons. The van der Waals surface area contributed by atoms with E-state index in [1.807, 2.05) is 0 Å². The Morgan fingerprint density at radius 2 is 1.69 bits per heavy atom. The molecule has 0 aromatic heterocycles. The van der Waals surface area contributed by atoms with Crippen LogP contribution in [0.2, 0.25) is 10.0 Å². The summed E-state index contributed by atoms with van der Waals surface area (Å²) in [5.41, 5.74) is 1.09. The first kappa shape index (κ1) is 28.2. The lowest BCUT2D eigenvalue weighted by atomic mass is 10.1. The van der Waals surface area contributed by atoms with Gasteiger partial charge in [0.15, 0.2) is 0 Å². The first-order chi connectivity index (χ1) is 16.5. The number of aliphatic hydroxyl groups excluding tert-OH is 1. The van der Waals surface area contributed by atoms with Crippen LogP contribution in [-0.2, 0) is 25.5 Å². The molecule has 0 saturated carbocycles. The monoisotopic (exact) mass is 525 g/mol. The topological polar surface area (TPSA) is 126 Å². The van der Waals surface area contributed by atoms with E-state index in [0.717, 1.165) is 0 Å². The lowest BCUT2D eigenvalue weighted by Crippen LogP contribution is -2.50. The molecule has 35 heavy (non-hydrogen) atoms. The van der Waals surface area contributed by atoms with Crippen molar-refractivity contribution in [1.29, 1.82) is 0 Å². The Bertz CT molecular complexity index is 1020. The molecule has 0 spiro atoms. The van der Waals surface area contributed by atoms with Crippen LogP contribution in [0.3, 0.4) is 0 Å². The van der Waals surface area contributed by atoms with Gasteiger partial charge < -0.3 is 30.5 Å². The quantitative estimate of drug-likeness (QED) is 0.274. The molecule has 2 amide bonds. The van der Waals surface area contributed by atoms with Crippen LogP contribution in [0.4, 0.5) is 16.2 Å². The Kier molecular flexibility index (Phi) is 10.6. The minimum Gasteiger partial charge on any atom is -0.464 e. The molecule has 2 aromatic rings. The number of nitrogens with one attached hydrogen (secondary N) is 3. The summed E-state index contributed by atoms with van der Waals surface area (Å²) in [4.78, 5) is 36.3. The molecule has 2 rings (SSSR count). The number of aliphatic hydroxyl groups is 1. The molecular formula is C24H29Cl2N3O6. The predicted octanol–water partition coefficient (Wildman–Crippen LogP) is 3.82. The molecular weight excluding hydrogens is 497 g/mol. The molecule has 190 valence electrons. The summed E-state index contributed by atoms with van der Waals surface area (Å²) in [5.74, 6) is -1.15. The molecule has 0 aliphatic carbocycles. The number of hydrogen-bond acceptors (Lipinski definition) is 7. The second-order valence-corrected chi connectivity index (χ2v) is 9.26. The number of para-hydroxylation sites is 2. The fourth-order valence-corrected chi connectivity index (χ4v) is 3.35. The predicted molar refractivity (Wildman–Crippen MR) is 134 cm³/mol. The van der Waals surface area contributed by atoms with Crippen LogP contribution in [0, 0.1) is 0 Å². The van der Waals surface area contributed by atoms with E-state index in [0.29, 0.717) is 27.0 Å².